The van der Waals surface area contributed by atoms with Crippen LogP contribution < -0.4 is 11.1 Å². The first-order valence-corrected chi connectivity index (χ1v) is 9.57. The summed E-state index contributed by atoms with van der Waals surface area (Å²) >= 11 is 0. The summed E-state index contributed by atoms with van der Waals surface area (Å²) in [5.41, 5.74) is 0.242. The second-order valence-electron chi connectivity index (χ2n) is 7.65. The maximum absolute atomic E-state index is 13.7. The first-order chi connectivity index (χ1) is 15.1. The molecule has 0 spiro atoms. The summed E-state index contributed by atoms with van der Waals surface area (Å²) < 4.78 is 24.9. The van der Waals surface area contributed by atoms with Gasteiger partial charge in [0.2, 0.25) is 0 Å². The van der Waals surface area contributed by atoms with Gasteiger partial charge in [-0.3, -0.25) is 5.32 Å². The maximum atomic E-state index is 13.7. The third kappa shape index (κ3) is 6.24. The van der Waals surface area contributed by atoms with Crippen molar-refractivity contribution in [3.8, 4) is 0 Å². The van der Waals surface area contributed by atoms with Gasteiger partial charge < -0.3 is 14.1 Å². The molecule has 0 aliphatic heterocycles. The van der Waals surface area contributed by atoms with Crippen LogP contribution in [0, 0.1) is 5.82 Å². The van der Waals surface area contributed by atoms with E-state index in [4.69, 9.17) is 14.1 Å². The van der Waals surface area contributed by atoms with E-state index in [1.54, 1.807) is 45.0 Å². The topological polar surface area (TPSA) is 121 Å². The fourth-order valence-corrected chi connectivity index (χ4v) is 2.60. The van der Waals surface area contributed by atoms with Gasteiger partial charge in [-0.2, -0.15) is 9.72 Å². The van der Waals surface area contributed by atoms with Crippen LogP contribution in [0.3, 0.4) is 0 Å². The summed E-state index contributed by atoms with van der Waals surface area (Å²) in [6, 6.07) is 10.5. The highest BCUT2D eigenvalue weighted by Gasteiger charge is 2.18. The summed E-state index contributed by atoms with van der Waals surface area (Å²) in [7, 11) is 1.46. The lowest BCUT2D eigenvalue weighted by molar-refractivity contribution is 0.0635. The fraction of sp³-hybridized carbons (Fsp3) is 0.286. The van der Waals surface area contributed by atoms with Gasteiger partial charge in [0.1, 0.15) is 17.2 Å². The summed E-state index contributed by atoms with van der Waals surface area (Å²) in [5.74, 6) is -0.983. The number of anilines is 1. The van der Waals surface area contributed by atoms with Crippen LogP contribution in [0.5, 0.6) is 0 Å². The Bertz CT molecular complexity index is 1200. The number of rotatable bonds is 6. The van der Waals surface area contributed by atoms with Crippen molar-refractivity contribution in [2.45, 2.75) is 33.0 Å². The van der Waals surface area contributed by atoms with Crippen molar-refractivity contribution in [1.29, 1.82) is 0 Å². The lowest BCUT2D eigenvalue weighted by atomic mass is 10.1. The number of benzene rings is 1. The van der Waals surface area contributed by atoms with E-state index < -0.39 is 23.3 Å². The van der Waals surface area contributed by atoms with Gasteiger partial charge in [-0.25, -0.2) is 19.0 Å². The number of halogens is 1. The molecule has 0 aliphatic carbocycles. The Morgan fingerprint density at radius 2 is 1.97 bits per heavy atom. The van der Waals surface area contributed by atoms with E-state index in [1.165, 1.54) is 25.2 Å². The van der Waals surface area contributed by atoms with E-state index >= 15 is 0 Å². The lowest BCUT2D eigenvalue weighted by Crippen LogP contribution is -2.27. The molecular weight excluding hydrogens is 421 g/mol. The van der Waals surface area contributed by atoms with Crippen molar-refractivity contribution < 1.29 is 23.3 Å². The van der Waals surface area contributed by atoms with E-state index in [0.29, 0.717) is 11.3 Å². The van der Waals surface area contributed by atoms with Gasteiger partial charge in [0.05, 0.1) is 5.69 Å². The van der Waals surface area contributed by atoms with Gasteiger partial charge >= 0.3 is 11.8 Å². The number of aromatic nitrogens is 3. The van der Waals surface area contributed by atoms with Crippen LogP contribution in [-0.4, -0.2) is 32.1 Å². The van der Waals surface area contributed by atoms with Crippen molar-refractivity contribution in [2.24, 2.45) is 12.2 Å². The molecule has 1 N–H and O–H groups in total. The third-order valence-electron chi connectivity index (χ3n) is 3.82. The maximum Gasteiger partial charge on any atom is 0.460 e. The van der Waals surface area contributed by atoms with Crippen LogP contribution in [0.25, 0.3) is 0 Å². The number of amides is 1. The molecule has 0 fully saturated rings. The molecule has 10 nitrogen and oxygen atoms in total. The van der Waals surface area contributed by atoms with E-state index in [0.717, 1.165) is 4.74 Å². The molecular formula is C21H22FN5O5. The average molecular weight is 443 g/mol. The van der Waals surface area contributed by atoms with Crippen LogP contribution in [-0.2, 0) is 23.2 Å². The van der Waals surface area contributed by atoms with Crippen LogP contribution in [0.2, 0.25) is 0 Å². The lowest BCUT2D eigenvalue weighted by Gasteiger charge is -2.19. The molecule has 1 aromatic carbocycles. The molecule has 168 valence electrons. The second kappa shape index (κ2) is 9.41. The van der Waals surface area contributed by atoms with Crippen molar-refractivity contribution in [2.75, 3.05) is 5.32 Å². The Morgan fingerprint density at radius 1 is 1.22 bits per heavy atom. The molecule has 0 atom stereocenters. The Kier molecular flexibility index (Phi) is 6.67. The minimum atomic E-state index is -0.825. The van der Waals surface area contributed by atoms with Gasteiger partial charge in [-0.1, -0.05) is 23.4 Å². The number of carbonyl (C=O) groups is 1. The molecule has 2 aromatic heterocycles. The molecule has 0 saturated carbocycles. The van der Waals surface area contributed by atoms with Crippen molar-refractivity contribution in [3.63, 3.8) is 0 Å². The SMILES string of the molecule is Cn1oc(=O)nc1/C(=N\OCc1cccc(NC(=O)OC(C)(C)C)n1)c1cccc(F)c1. The summed E-state index contributed by atoms with van der Waals surface area (Å²) in [6.45, 7) is 5.18. The fourth-order valence-electron chi connectivity index (χ4n) is 2.60. The zero-order chi connectivity index (χ0) is 23.3. The summed E-state index contributed by atoms with van der Waals surface area (Å²) in [5, 5.41) is 6.57. The molecule has 32 heavy (non-hydrogen) atoms. The zero-order valence-electron chi connectivity index (χ0n) is 18.0. The number of hydrogen-bond acceptors (Lipinski definition) is 8. The third-order valence-corrected chi connectivity index (χ3v) is 3.82. The Labute approximate surface area is 182 Å². The van der Waals surface area contributed by atoms with Crippen molar-refractivity contribution >= 4 is 17.6 Å². The highest BCUT2D eigenvalue weighted by molar-refractivity contribution is 6.10. The summed E-state index contributed by atoms with van der Waals surface area (Å²) in [6.07, 6.45) is -0.638. The van der Waals surface area contributed by atoms with Crippen molar-refractivity contribution in [3.05, 3.63) is 75.9 Å². The largest absolute Gasteiger partial charge is 0.460 e. The monoisotopic (exact) mass is 443 g/mol. The molecule has 11 heteroatoms. The molecule has 2 heterocycles. The van der Waals surface area contributed by atoms with Gasteiger partial charge in [0.15, 0.2) is 18.1 Å². The molecule has 0 radical (unpaired) electrons. The summed E-state index contributed by atoms with van der Waals surface area (Å²) in [4.78, 5) is 36.8. The van der Waals surface area contributed by atoms with Crippen LogP contribution >= 0.6 is 0 Å². The smallest absolute Gasteiger partial charge is 0.444 e. The number of nitrogens with one attached hydrogen (secondary N) is 1. The number of oxime groups is 1. The predicted molar refractivity (Wildman–Crippen MR) is 113 cm³/mol. The quantitative estimate of drug-likeness (QED) is 0.459. The van der Waals surface area contributed by atoms with Gasteiger partial charge in [-0.15, -0.1) is 0 Å². The van der Waals surface area contributed by atoms with E-state index in [-0.39, 0.29) is 24.0 Å². The Morgan fingerprint density at radius 3 is 2.62 bits per heavy atom. The van der Waals surface area contributed by atoms with E-state index in [1.807, 2.05) is 0 Å². The standard InChI is InChI=1S/C21H22FN5O5/c1-21(2,3)31-19(28)24-16-10-6-9-15(23-16)12-30-26-17(13-7-5-8-14(22)11-13)18-25-20(29)32-27(18)4/h5-11H,12H2,1-4H3,(H,23,24,28)/b26-17-. The van der Waals surface area contributed by atoms with Crippen LogP contribution in [0.1, 0.15) is 37.9 Å². The van der Waals surface area contributed by atoms with Gasteiger partial charge in [0, 0.05) is 12.6 Å². The molecule has 0 bridgehead atoms. The molecule has 1 amide bonds. The Hall–Kier alpha value is -4.02. The highest BCUT2D eigenvalue weighted by atomic mass is 19.1. The van der Waals surface area contributed by atoms with Crippen LogP contribution in [0.4, 0.5) is 15.0 Å². The number of hydrogen-bond donors (Lipinski definition) is 1. The normalized spacial score (nSPS) is 11.8. The minimum absolute atomic E-state index is 0.0638. The molecule has 3 aromatic rings. The first-order valence-electron chi connectivity index (χ1n) is 9.57. The van der Waals surface area contributed by atoms with Gasteiger partial charge in [0.25, 0.3) is 0 Å². The van der Waals surface area contributed by atoms with E-state index in [2.05, 4.69) is 20.4 Å². The molecule has 0 unspecified atom stereocenters. The average Bonchev–Trinajstić information content (AvgIpc) is 3.01. The molecule has 0 saturated heterocycles. The number of aryl methyl sites for hydroxylation is 1. The number of carbonyl (C=O) groups excluding carboxylic acids is 1. The molecule has 0 aliphatic rings. The molecule has 3 rings (SSSR count). The number of pyridine rings is 1. The predicted octanol–water partition coefficient (Wildman–Crippen LogP) is 3.22. The number of ether oxygens (including phenoxy) is 1. The zero-order valence-corrected chi connectivity index (χ0v) is 18.0. The van der Waals surface area contributed by atoms with Crippen LogP contribution in [0.15, 0.2) is 56.9 Å². The van der Waals surface area contributed by atoms with E-state index in [9.17, 15) is 14.0 Å². The second-order valence-corrected chi connectivity index (χ2v) is 7.65. The minimum Gasteiger partial charge on any atom is -0.444 e. The Balaban J connectivity index is 1.78. The highest BCUT2D eigenvalue weighted by Crippen LogP contribution is 2.13. The van der Waals surface area contributed by atoms with Gasteiger partial charge in [-0.05, 0) is 45.0 Å². The number of nitrogens with zero attached hydrogens (tertiary/aromatic N) is 4. The first kappa shape index (κ1) is 22.7. The van der Waals surface area contributed by atoms with Crippen molar-refractivity contribution in [1.82, 2.24) is 14.7 Å².